The van der Waals surface area contributed by atoms with Gasteiger partial charge in [-0.3, -0.25) is 4.79 Å². The van der Waals surface area contributed by atoms with Crippen molar-refractivity contribution >= 4 is 5.97 Å². The Kier molecular flexibility index (Phi) is 38.8. The predicted octanol–water partition coefficient (Wildman–Crippen LogP) is 8.74. The Bertz CT molecular complexity index is 1320. The zero-order valence-corrected chi connectivity index (χ0v) is 42.8. The molecular formula is C55H98O14. The number of ether oxygens (including phenoxy) is 6. The summed E-state index contributed by atoms with van der Waals surface area (Å²) in [6.45, 7) is 3.55. The summed E-state index contributed by atoms with van der Waals surface area (Å²) < 4.78 is 34.3. The van der Waals surface area contributed by atoms with Gasteiger partial charge in [0.05, 0.1) is 26.4 Å². The van der Waals surface area contributed by atoms with Gasteiger partial charge in [0.15, 0.2) is 12.6 Å². The van der Waals surface area contributed by atoms with Crippen LogP contribution in [0.5, 0.6) is 0 Å². The minimum Gasteiger partial charge on any atom is -0.457 e. The van der Waals surface area contributed by atoms with Crippen LogP contribution in [-0.4, -0.2) is 142 Å². The van der Waals surface area contributed by atoms with Gasteiger partial charge in [-0.15, -0.1) is 0 Å². The highest BCUT2D eigenvalue weighted by molar-refractivity contribution is 5.69. The van der Waals surface area contributed by atoms with E-state index in [2.05, 4.69) is 62.5 Å². The summed E-state index contributed by atoms with van der Waals surface area (Å²) in [7, 11) is 0. The summed E-state index contributed by atoms with van der Waals surface area (Å²) in [6.07, 6.45) is 33.1. The first-order valence-electron chi connectivity index (χ1n) is 27.2. The van der Waals surface area contributed by atoms with Gasteiger partial charge in [-0.25, -0.2) is 0 Å². The van der Waals surface area contributed by atoms with Crippen molar-refractivity contribution in [1.29, 1.82) is 0 Å². The van der Waals surface area contributed by atoms with E-state index in [1.807, 2.05) is 0 Å². The highest BCUT2D eigenvalue weighted by atomic mass is 16.7. The minimum atomic E-state index is -1.71. The molecule has 0 aromatic rings. The zero-order valence-electron chi connectivity index (χ0n) is 42.8. The average molecular weight is 983 g/mol. The highest BCUT2D eigenvalue weighted by Gasteiger charge is 2.47. The summed E-state index contributed by atoms with van der Waals surface area (Å²) in [5, 5.41) is 72.2. The zero-order chi connectivity index (χ0) is 50.2. The molecule has 2 aliphatic rings. The number of allylic oxidation sites excluding steroid dienone is 8. The molecule has 2 fully saturated rings. The smallest absolute Gasteiger partial charge is 0.306 e. The lowest BCUT2D eigenvalue weighted by Gasteiger charge is -2.42. The van der Waals surface area contributed by atoms with Gasteiger partial charge in [0.25, 0.3) is 0 Å². The Morgan fingerprint density at radius 1 is 0.493 bits per heavy atom. The number of hydrogen-bond donors (Lipinski definition) is 7. The number of unbranched alkanes of at least 4 members (excludes halogenated alkanes) is 21. The molecule has 0 saturated carbocycles. The molecule has 2 saturated heterocycles. The Morgan fingerprint density at radius 3 is 1.48 bits per heavy atom. The first-order valence-corrected chi connectivity index (χ1v) is 27.2. The van der Waals surface area contributed by atoms with Crippen LogP contribution in [-0.2, 0) is 33.2 Å². The molecule has 402 valence electrons. The molecule has 2 rings (SSSR count). The van der Waals surface area contributed by atoms with Gasteiger partial charge < -0.3 is 64.2 Å². The summed E-state index contributed by atoms with van der Waals surface area (Å²) in [5.41, 5.74) is 0. The summed E-state index contributed by atoms with van der Waals surface area (Å²) in [6, 6.07) is 0. The van der Waals surface area contributed by atoms with Crippen molar-refractivity contribution in [3.8, 4) is 0 Å². The molecule has 0 amide bonds. The van der Waals surface area contributed by atoms with Gasteiger partial charge in [-0.1, -0.05) is 184 Å². The lowest BCUT2D eigenvalue weighted by molar-refractivity contribution is -0.332. The van der Waals surface area contributed by atoms with E-state index in [1.54, 1.807) is 0 Å². The van der Waals surface area contributed by atoms with E-state index in [1.165, 1.54) is 83.5 Å². The van der Waals surface area contributed by atoms with E-state index in [0.29, 0.717) is 13.0 Å². The van der Waals surface area contributed by atoms with Crippen LogP contribution in [0.4, 0.5) is 0 Å². The second kappa shape index (κ2) is 42.5. The van der Waals surface area contributed by atoms with E-state index in [9.17, 15) is 40.5 Å². The van der Waals surface area contributed by atoms with Crippen molar-refractivity contribution in [2.45, 2.75) is 261 Å². The van der Waals surface area contributed by atoms with Crippen LogP contribution in [0.1, 0.15) is 194 Å². The van der Waals surface area contributed by atoms with Crippen molar-refractivity contribution in [2.75, 3.05) is 33.0 Å². The third-order valence-corrected chi connectivity index (χ3v) is 12.9. The number of esters is 1. The molecule has 0 radical (unpaired) electrons. The fraction of sp³-hybridized carbons (Fsp3) is 0.836. The summed E-state index contributed by atoms with van der Waals surface area (Å²) >= 11 is 0. The molecule has 14 nitrogen and oxygen atoms in total. The quantitative estimate of drug-likeness (QED) is 0.0173. The van der Waals surface area contributed by atoms with Gasteiger partial charge in [0, 0.05) is 13.0 Å². The van der Waals surface area contributed by atoms with Crippen LogP contribution < -0.4 is 0 Å². The number of hydrogen-bond acceptors (Lipinski definition) is 14. The van der Waals surface area contributed by atoms with E-state index in [0.717, 1.165) is 83.5 Å². The van der Waals surface area contributed by atoms with Gasteiger partial charge in [0.2, 0.25) is 0 Å². The van der Waals surface area contributed by atoms with E-state index in [-0.39, 0.29) is 25.6 Å². The molecule has 0 spiro atoms. The van der Waals surface area contributed by atoms with Crippen molar-refractivity contribution < 1.29 is 69.0 Å². The summed E-state index contributed by atoms with van der Waals surface area (Å²) in [4.78, 5) is 13.0. The van der Waals surface area contributed by atoms with Gasteiger partial charge in [-0.2, -0.15) is 0 Å². The maximum atomic E-state index is 13.0. The Labute approximate surface area is 416 Å². The largest absolute Gasteiger partial charge is 0.457 e. The van der Waals surface area contributed by atoms with Crippen LogP contribution in [0, 0.1) is 0 Å². The number of carbonyl (C=O) groups is 1. The van der Waals surface area contributed by atoms with Crippen LogP contribution in [0.3, 0.4) is 0 Å². The lowest BCUT2D eigenvalue weighted by atomic mass is 9.98. The third kappa shape index (κ3) is 29.9. The number of rotatable bonds is 43. The first-order chi connectivity index (χ1) is 33.6. The van der Waals surface area contributed by atoms with Crippen LogP contribution >= 0.6 is 0 Å². The number of aliphatic hydroxyl groups excluding tert-OH is 7. The molecule has 7 N–H and O–H groups in total. The van der Waals surface area contributed by atoms with Crippen molar-refractivity contribution in [3.63, 3.8) is 0 Å². The molecule has 0 aliphatic carbocycles. The molecule has 14 heteroatoms. The lowest BCUT2D eigenvalue weighted by Crippen LogP contribution is -2.61. The molecule has 11 unspecified atom stereocenters. The molecule has 11 atom stereocenters. The van der Waals surface area contributed by atoms with E-state index >= 15 is 0 Å². The van der Waals surface area contributed by atoms with Gasteiger partial charge >= 0.3 is 5.97 Å². The minimum absolute atomic E-state index is 0.0499. The maximum absolute atomic E-state index is 13.0. The molecule has 2 aliphatic heterocycles. The molecule has 2 heterocycles. The third-order valence-electron chi connectivity index (χ3n) is 12.9. The normalized spacial score (nSPS) is 26.0. The van der Waals surface area contributed by atoms with Gasteiger partial charge in [-0.05, 0) is 51.4 Å². The molecule has 0 aromatic carbocycles. The van der Waals surface area contributed by atoms with Gasteiger partial charge in [0.1, 0.15) is 54.9 Å². The molecule has 0 bridgehead atoms. The van der Waals surface area contributed by atoms with E-state index < -0.39 is 80.7 Å². The molecule has 69 heavy (non-hydrogen) atoms. The second-order valence-electron chi connectivity index (χ2n) is 19.0. The predicted molar refractivity (Wildman–Crippen MR) is 270 cm³/mol. The first kappa shape index (κ1) is 63.1. The highest BCUT2D eigenvalue weighted by Crippen LogP contribution is 2.26. The van der Waals surface area contributed by atoms with E-state index in [4.69, 9.17) is 28.4 Å². The fourth-order valence-electron chi connectivity index (χ4n) is 8.45. The molecular weight excluding hydrogens is 885 g/mol. The van der Waals surface area contributed by atoms with Crippen LogP contribution in [0.2, 0.25) is 0 Å². The van der Waals surface area contributed by atoms with Crippen molar-refractivity contribution in [1.82, 2.24) is 0 Å². The number of carbonyl (C=O) groups excluding carboxylic acids is 1. The fourth-order valence-corrected chi connectivity index (χ4v) is 8.45. The Morgan fingerprint density at radius 2 is 0.942 bits per heavy atom. The van der Waals surface area contributed by atoms with Crippen LogP contribution in [0.25, 0.3) is 0 Å². The Hall–Kier alpha value is -2.05. The van der Waals surface area contributed by atoms with Crippen LogP contribution in [0.15, 0.2) is 48.6 Å². The standard InChI is InChI=1S/C55H98O14/c1-3-5-7-9-11-13-15-17-19-21-23-25-27-29-31-33-35-37-39-64-41-44(67-47(57)38-36-34-32-30-28-26-24-22-20-18-16-14-12-10-8-6-4-2)42-65-54-53(63)51(61)49(59)46(69-54)43-66-55-52(62)50(60)48(58)45(40-56)68-55/h5,7,11,13,17,19,23,25,44-46,48-56,58-63H,3-4,6,8-10,12,14-16,18,20-22,24,26-43H2,1-2H3/b7-5-,13-11-,19-17-,25-23-. The average Bonchev–Trinajstić information content (AvgIpc) is 3.35. The molecule has 0 aromatic heterocycles. The summed E-state index contributed by atoms with van der Waals surface area (Å²) in [5.74, 6) is -0.382. The monoisotopic (exact) mass is 983 g/mol. The Balaban J connectivity index is 1.75. The maximum Gasteiger partial charge on any atom is 0.306 e. The topological polar surface area (TPSA) is 214 Å². The second-order valence-corrected chi connectivity index (χ2v) is 19.0. The van der Waals surface area contributed by atoms with Crippen molar-refractivity contribution in [3.05, 3.63) is 48.6 Å². The van der Waals surface area contributed by atoms with Crippen molar-refractivity contribution in [2.24, 2.45) is 0 Å². The number of aliphatic hydroxyl groups is 7. The SMILES string of the molecule is CC/C=C\C/C=C\C/C=C\C/C=C\CCCCCCCOCC(COC1OC(COC2OC(CO)C(O)C(O)C2O)C(O)C(O)C1O)OC(=O)CCCCCCCCCCCCCCCCCCC.